The van der Waals surface area contributed by atoms with Gasteiger partial charge in [-0.3, -0.25) is 9.89 Å². The predicted octanol–water partition coefficient (Wildman–Crippen LogP) is 1.96. The van der Waals surface area contributed by atoms with Crippen molar-refractivity contribution in [2.24, 2.45) is 4.99 Å². The maximum Gasteiger partial charge on any atom is 0.193 e. The molecule has 2 heterocycles. The topological polar surface area (TPSA) is 49.3 Å². The summed E-state index contributed by atoms with van der Waals surface area (Å²) >= 11 is 0. The zero-order valence-electron chi connectivity index (χ0n) is 16.9. The summed E-state index contributed by atoms with van der Waals surface area (Å²) in [6.45, 7) is 10.4. The third-order valence-electron chi connectivity index (χ3n) is 5.21. The van der Waals surface area contributed by atoms with Crippen LogP contribution in [-0.2, 0) is 16.0 Å². The van der Waals surface area contributed by atoms with E-state index in [0.717, 1.165) is 58.3 Å². The second kappa shape index (κ2) is 10.1. The van der Waals surface area contributed by atoms with Crippen LogP contribution >= 0.6 is 0 Å². The zero-order valence-corrected chi connectivity index (χ0v) is 16.9. The molecule has 6 heteroatoms. The summed E-state index contributed by atoms with van der Waals surface area (Å²) in [5.41, 5.74) is 1.37. The lowest BCUT2D eigenvalue weighted by Crippen LogP contribution is -2.50. The molecule has 27 heavy (non-hydrogen) atoms. The molecule has 0 aromatic heterocycles. The predicted molar refractivity (Wildman–Crippen MR) is 109 cm³/mol. The van der Waals surface area contributed by atoms with Gasteiger partial charge in [-0.15, -0.1) is 0 Å². The normalized spacial score (nSPS) is 23.7. The van der Waals surface area contributed by atoms with Crippen LogP contribution in [0.5, 0.6) is 0 Å². The van der Waals surface area contributed by atoms with Crippen LogP contribution < -0.4 is 5.32 Å². The summed E-state index contributed by atoms with van der Waals surface area (Å²) in [6, 6.07) is 11.1. The Balaban J connectivity index is 1.51. The van der Waals surface area contributed by atoms with Crippen molar-refractivity contribution in [3.8, 4) is 0 Å². The molecule has 1 aromatic carbocycles. The SMILES string of the molecule is CN=C(NCCCOC(C)C)N1CC2OCCN(Cc3ccccc3)C2C1. The molecule has 0 amide bonds. The van der Waals surface area contributed by atoms with Gasteiger partial charge in [0.05, 0.1) is 24.9 Å². The highest BCUT2D eigenvalue weighted by atomic mass is 16.5. The lowest BCUT2D eigenvalue weighted by Gasteiger charge is -2.36. The van der Waals surface area contributed by atoms with E-state index in [-0.39, 0.29) is 6.10 Å². The van der Waals surface area contributed by atoms with Crippen molar-refractivity contribution in [2.45, 2.75) is 45.1 Å². The fourth-order valence-corrected chi connectivity index (χ4v) is 3.87. The van der Waals surface area contributed by atoms with Crippen molar-refractivity contribution >= 4 is 5.96 Å². The Labute approximate surface area is 163 Å². The molecule has 2 saturated heterocycles. The molecule has 6 nitrogen and oxygen atoms in total. The smallest absolute Gasteiger partial charge is 0.193 e. The van der Waals surface area contributed by atoms with Gasteiger partial charge in [-0.1, -0.05) is 30.3 Å². The molecule has 2 atom stereocenters. The van der Waals surface area contributed by atoms with Crippen LogP contribution in [0, 0.1) is 0 Å². The molecule has 1 N–H and O–H groups in total. The molecule has 0 saturated carbocycles. The lowest BCUT2D eigenvalue weighted by molar-refractivity contribution is -0.0502. The molecule has 2 aliphatic rings. The van der Waals surface area contributed by atoms with E-state index in [2.05, 4.69) is 64.3 Å². The van der Waals surface area contributed by atoms with E-state index >= 15 is 0 Å². The molecule has 0 bridgehead atoms. The molecular formula is C21H34N4O2. The number of rotatable bonds is 7. The van der Waals surface area contributed by atoms with Gasteiger partial charge in [0.15, 0.2) is 5.96 Å². The summed E-state index contributed by atoms with van der Waals surface area (Å²) < 4.78 is 11.7. The minimum absolute atomic E-state index is 0.255. The van der Waals surface area contributed by atoms with Crippen LogP contribution in [0.4, 0.5) is 0 Å². The fraction of sp³-hybridized carbons (Fsp3) is 0.667. The number of hydrogen-bond acceptors (Lipinski definition) is 4. The van der Waals surface area contributed by atoms with Crippen molar-refractivity contribution in [3.05, 3.63) is 35.9 Å². The quantitative estimate of drug-likeness (QED) is 0.449. The Kier molecular flexibility index (Phi) is 7.50. The van der Waals surface area contributed by atoms with Crippen molar-refractivity contribution in [3.63, 3.8) is 0 Å². The monoisotopic (exact) mass is 374 g/mol. The number of ether oxygens (including phenoxy) is 2. The van der Waals surface area contributed by atoms with E-state index in [4.69, 9.17) is 9.47 Å². The zero-order chi connectivity index (χ0) is 19.1. The van der Waals surface area contributed by atoms with E-state index in [1.54, 1.807) is 0 Å². The molecule has 2 aliphatic heterocycles. The summed E-state index contributed by atoms with van der Waals surface area (Å²) in [5.74, 6) is 0.970. The number of nitrogens with zero attached hydrogens (tertiary/aromatic N) is 3. The average molecular weight is 375 g/mol. The molecule has 0 radical (unpaired) electrons. The van der Waals surface area contributed by atoms with E-state index in [1.165, 1.54) is 5.56 Å². The molecular weight excluding hydrogens is 340 g/mol. The minimum Gasteiger partial charge on any atom is -0.379 e. The van der Waals surface area contributed by atoms with Gasteiger partial charge in [0, 0.05) is 46.4 Å². The summed E-state index contributed by atoms with van der Waals surface area (Å²) in [6.07, 6.45) is 1.53. The number of aliphatic imine (C=N–C) groups is 1. The van der Waals surface area contributed by atoms with Crippen LogP contribution in [0.1, 0.15) is 25.8 Å². The van der Waals surface area contributed by atoms with E-state index < -0.39 is 0 Å². The Morgan fingerprint density at radius 1 is 1.30 bits per heavy atom. The van der Waals surface area contributed by atoms with Crippen LogP contribution in [0.15, 0.2) is 35.3 Å². The van der Waals surface area contributed by atoms with Crippen molar-refractivity contribution < 1.29 is 9.47 Å². The minimum atomic E-state index is 0.255. The van der Waals surface area contributed by atoms with Gasteiger partial charge < -0.3 is 19.7 Å². The van der Waals surface area contributed by atoms with Crippen molar-refractivity contribution in [1.82, 2.24) is 15.1 Å². The van der Waals surface area contributed by atoms with Crippen molar-refractivity contribution in [1.29, 1.82) is 0 Å². The second-order valence-electron chi connectivity index (χ2n) is 7.58. The Morgan fingerprint density at radius 3 is 2.85 bits per heavy atom. The van der Waals surface area contributed by atoms with Gasteiger partial charge in [-0.25, -0.2) is 0 Å². The molecule has 2 unspecified atom stereocenters. The third kappa shape index (κ3) is 5.67. The van der Waals surface area contributed by atoms with Crippen molar-refractivity contribution in [2.75, 3.05) is 46.4 Å². The highest BCUT2D eigenvalue weighted by molar-refractivity contribution is 5.80. The maximum atomic E-state index is 6.08. The Morgan fingerprint density at radius 2 is 2.11 bits per heavy atom. The first kappa shape index (κ1) is 20.1. The van der Waals surface area contributed by atoms with Crippen LogP contribution in [0.25, 0.3) is 0 Å². The molecule has 3 rings (SSSR count). The summed E-state index contributed by atoms with van der Waals surface area (Å²) in [4.78, 5) is 9.38. The average Bonchev–Trinajstić information content (AvgIpc) is 3.10. The van der Waals surface area contributed by atoms with E-state index in [1.807, 2.05) is 7.05 Å². The standard InChI is InChI=1S/C21H34N4O2/c1-17(2)26-12-7-10-23-21(22-3)25-15-19-20(16-25)27-13-11-24(19)14-18-8-5-4-6-9-18/h4-6,8-9,17,19-20H,7,10-16H2,1-3H3,(H,22,23). The maximum absolute atomic E-state index is 6.08. The number of benzene rings is 1. The molecule has 0 spiro atoms. The second-order valence-corrected chi connectivity index (χ2v) is 7.58. The third-order valence-corrected chi connectivity index (χ3v) is 5.21. The van der Waals surface area contributed by atoms with Gasteiger partial charge in [0.25, 0.3) is 0 Å². The highest BCUT2D eigenvalue weighted by Gasteiger charge is 2.41. The van der Waals surface area contributed by atoms with Crippen LogP contribution in [0.3, 0.4) is 0 Å². The Hall–Kier alpha value is -1.63. The number of morpholine rings is 1. The first-order valence-electron chi connectivity index (χ1n) is 10.1. The van der Waals surface area contributed by atoms with Gasteiger partial charge in [-0.2, -0.15) is 0 Å². The van der Waals surface area contributed by atoms with Gasteiger partial charge in [0.1, 0.15) is 0 Å². The molecule has 0 aliphatic carbocycles. The summed E-state index contributed by atoms with van der Waals surface area (Å²) in [5, 5.41) is 3.48. The fourth-order valence-electron chi connectivity index (χ4n) is 3.87. The number of fused-ring (bicyclic) bond motifs is 1. The lowest BCUT2D eigenvalue weighted by atomic mass is 10.1. The van der Waals surface area contributed by atoms with E-state index in [9.17, 15) is 0 Å². The van der Waals surface area contributed by atoms with Crippen LogP contribution in [-0.4, -0.2) is 80.4 Å². The van der Waals surface area contributed by atoms with Gasteiger partial charge in [0.2, 0.25) is 0 Å². The number of nitrogens with one attached hydrogen (secondary N) is 1. The molecule has 2 fully saturated rings. The number of guanidine groups is 1. The summed E-state index contributed by atoms with van der Waals surface area (Å²) in [7, 11) is 1.86. The van der Waals surface area contributed by atoms with Gasteiger partial charge in [-0.05, 0) is 25.8 Å². The van der Waals surface area contributed by atoms with Crippen LogP contribution in [0.2, 0.25) is 0 Å². The first-order chi connectivity index (χ1) is 13.2. The van der Waals surface area contributed by atoms with Gasteiger partial charge >= 0.3 is 0 Å². The van der Waals surface area contributed by atoms with E-state index in [0.29, 0.717) is 12.1 Å². The Bertz CT molecular complexity index is 593. The number of hydrogen-bond donors (Lipinski definition) is 1. The largest absolute Gasteiger partial charge is 0.379 e. The highest BCUT2D eigenvalue weighted by Crippen LogP contribution is 2.24. The molecule has 1 aromatic rings. The first-order valence-corrected chi connectivity index (χ1v) is 10.1. The molecule has 150 valence electrons. The number of likely N-dealkylation sites (tertiary alicyclic amines) is 1.